The van der Waals surface area contributed by atoms with Gasteiger partial charge in [-0.1, -0.05) is 25.1 Å². The minimum Gasteiger partial charge on any atom is -0.411 e. The molecule has 2 nitrogen and oxygen atoms in total. The molecule has 13 heavy (non-hydrogen) atoms. The summed E-state index contributed by atoms with van der Waals surface area (Å²) < 4.78 is 0. The number of nitrogens with zero attached hydrogens (tertiary/aromatic N) is 1. The summed E-state index contributed by atoms with van der Waals surface area (Å²) in [7, 11) is 0. The van der Waals surface area contributed by atoms with Gasteiger partial charge in [-0.15, -0.1) is 11.3 Å². The Balaban J connectivity index is 2.67. The molecule has 0 aliphatic rings. The minimum atomic E-state index is 0.251. The van der Waals surface area contributed by atoms with Crippen LogP contribution in [0.5, 0.6) is 0 Å². The Bertz CT molecular complexity index is 299. The third kappa shape index (κ3) is 3.03. The van der Waals surface area contributed by atoms with Crippen LogP contribution < -0.4 is 0 Å². The molecular weight excluding hydrogens is 182 g/mol. The number of thiophene rings is 1. The van der Waals surface area contributed by atoms with Crippen LogP contribution in [0.2, 0.25) is 0 Å². The highest BCUT2D eigenvalue weighted by atomic mass is 32.1. The molecule has 0 amide bonds. The Morgan fingerprint density at radius 2 is 2.38 bits per heavy atom. The van der Waals surface area contributed by atoms with E-state index >= 15 is 0 Å². The maximum absolute atomic E-state index is 8.67. The zero-order valence-corrected chi connectivity index (χ0v) is 8.58. The molecule has 0 bridgehead atoms. The van der Waals surface area contributed by atoms with Gasteiger partial charge in [0.25, 0.3) is 0 Å². The molecule has 0 saturated carbocycles. The fraction of sp³-hybridized carbons (Fsp3) is 0.300. The van der Waals surface area contributed by atoms with Gasteiger partial charge in [-0.2, -0.15) is 0 Å². The predicted octanol–water partition coefficient (Wildman–Crippen LogP) is 3.25. The van der Waals surface area contributed by atoms with Crippen LogP contribution in [0, 0.1) is 5.92 Å². The number of oxime groups is 1. The summed E-state index contributed by atoms with van der Waals surface area (Å²) >= 11 is 1.66. The van der Waals surface area contributed by atoms with E-state index in [-0.39, 0.29) is 5.92 Å². The fourth-order valence-corrected chi connectivity index (χ4v) is 1.51. The lowest BCUT2D eigenvalue weighted by molar-refractivity contribution is 0.316. The van der Waals surface area contributed by atoms with Gasteiger partial charge in [-0.3, -0.25) is 0 Å². The molecule has 1 rings (SSSR count). The van der Waals surface area contributed by atoms with Gasteiger partial charge in [0.1, 0.15) is 0 Å². The number of hydrogen-bond acceptors (Lipinski definition) is 3. The lowest BCUT2D eigenvalue weighted by Crippen LogP contribution is -2.02. The smallest absolute Gasteiger partial charge is 0.0821 e. The second-order valence-electron chi connectivity index (χ2n) is 3.03. The third-order valence-electron chi connectivity index (χ3n) is 1.67. The quantitative estimate of drug-likeness (QED) is 0.448. The van der Waals surface area contributed by atoms with E-state index < -0.39 is 0 Å². The van der Waals surface area contributed by atoms with Gasteiger partial charge >= 0.3 is 0 Å². The molecule has 0 spiro atoms. The van der Waals surface area contributed by atoms with E-state index in [2.05, 4.69) is 5.16 Å². The lowest BCUT2D eigenvalue weighted by atomic mass is 10.1. The van der Waals surface area contributed by atoms with Crippen molar-refractivity contribution < 1.29 is 5.21 Å². The van der Waals surface area contributed by atoms with Gasteiger partial charge < -0.3 is 5.21 Å². The Morgan fingerprint density at radius 1 is 1.62 bits per heavy atom. The van der Waals surface area contributed by atoms with E-state index in [4.69, 9.17) is 5.21 Å². The Hall–Kier alpha value is -1.09. The SMILES string of the molecule is CC(C)C(/C=C/c1cccs1)=NO. The van der Waals surface area contributed by atoms with Crippen molar-refractivity contribution in [3.8, 4) is 0 Å². The van der Waals surface area contributed by atoms with E-state index in [1.807, 2.05) is 43.5 Å². The molecule has 0 aliphatic heterocycles. The van der Waals surface area contributed by atoms with Gasteiger partial charge in [-0.25, -0.2) is 0 Å². The van der Waals surface area contributed by atoms with Crippen molar-refractivity contribution in [2.24, 2.45) is 11.1 Å². The zero-order valence-electron chi connectivity index (χ0n) is 7.77. The average molecular weight is 195 g/mol. The minimum absolute atomic E-state index is 0.251. The number of hydrogen-bond donors (Lipinski definition) is 1. The summed E-state index contributed by atoms with van der Waals surface area (Å²) in [6, 6.07) is 4.02. The summed E-state index contributed by atoms with van der Waals surface area (Å²) in [4.78, 5) is 1.17. The van der Waals surface area contributed by atoms with Crippen molar-refractivity contribution in [2.45, 2.75) is 13.8 Å². The topological polar surface area (TPSA) is 32.6 Å². The lowest BCUT2D eigenvalue weighted by Gasteiger charge is -2.00. The molecule has 0 saturated heterocycles. The first-order valence-electron chi connectivity index (χ1n) is 4.17. The van der Waals surface area contributed by atoms with Crippen LogP contribution in [0.15, 0.2) is 28.7 Å². The Kier molecular flexibility index (Phi) is 3.71. The van der Waals surface area contributed by atoms with Crippen molar-refractivity contribution in [1.82, 2.24) is 0 Å². The molecule has 0 atom stereocenters. The van der Waals surface area contributed by atoms with Crippen molar-refractivity contribution in [3.63, 3.8) is 0 Å². The van der Waals surface area contributed by atoms with Crippen LogP contribution in [-0.4, -0.2) is 10.9 Å². The van der Waals surface area contributed by atoms with Gasteiger partial charge in [0.2, 0.25) is 0 Å². The first-order chi connectivity index (χ1) is 6.24. The Morgan fingerprint density at radius 3 is 2.85 bits per heavy atom. The normalized spacial score (nSPS) is 13.0. The highest BCUT2D eigenvalue weighted by Crippen LogP contribution is 2.11. The van der Waals surface area contributed by atoms with Gasteiger partial charge in [0.15, 0.2) is 0 Å². The van der Waals surface area contributed by atoms with Crippen molar-refractivity contribution >= 4 is 23.1 Å². The van der Waals surface area contributed by atoms with Crippen LogP contribution >= 0.6 is 11.3 Å². The first-order valence-corrected chi connectivity index (χ1v) is 5.05. The standard InChI is InChI=1S/C10H13NOS/c1-8(2)10(11-12)6-5-9-4-3-7-13-9/h3-8,12H,1-2H3/b6-5+,11-10?. The molecule has 70 valence electrons. The fourth-order valence-electron chi connectivity index (χ4n) is 0.895. The van der Waals surface area contributed by atoms with Crippen LogP contribution in [0.4, 0.5) is 0 Å². The predicted molar refractivity (Wildman–Crippen MR) is 57.4 cm³/mol. The summed E-state index contributed by atoms with van der Waals surface area (Å²) in [6.45, 7) is 3.99. The number of allylic oxidation sites excluding steroid dienone is 1. The maximum Gasteiger partial charge on any atom is 0.0821 e. The zero-order chi connectivity index (χ0) is 9.68. The van der Waals surface area contributed by atoms with Crippen LogP contribution in [-0.2, 0) is 0 Å². The summed E-state index contributed by atoms with van der Waals surface area (Å²) in [5, 5.41) is 13.9. The largest absolute Gasteiger partial charge is 0.411 e. The molecular formula is C10H13NOS. The summed E-state index contributed by atoms with van der Waals surface area (Å²) in [6.07, 6.45) is 3.80. The summed E-state index contributed by atoms with van der Waals surface area (Å²) in [5.74, 6) is 0.251. The van der Waals surface area contributed by atoms with Gasteiger partial charge in [0.05, 0.1) is 5.71 Å². The molecule has 0 unspecified atom stereocenters. The van der Waals surface area contributed by atoms with Crippen LogP contribution in [0.3, 0.4) is 0 Å². The van der Waals surface area contributed by atoms with Crippen molar-refractivity contribution in [2.75, 3.05) is 0 Å². The Labute approximate surface area is 82.2 Å². The molecule has 3 heteroatoms. The van der Waals surface area contributed by atoms with E-state index in [9.17, 15) is 0 Å². The van der Waals surface area contributed by atoms with Gasteiger partial charge in [-0.05, 0) is 29.5 Å². The summed E-state index contributed by atoms with van der Waals surface area (Å²) in [5.41, 5.74) is 0.702. The highest BCUT2D eigenvalue weighted by Gasteiger charge is 2.00. The van der Waals surface area contributed by atoms with E-state index in [0.717, 1.165) is 0 Å². The first kappa shape index (κ1) is 9.99. The molecule has 1 aromatic rings. The molecule has 1 aromatic heterocycles. The van der Waals surface area contributed by atoms with E-state index in [1.54, 1.807) is 11.3 Å². The molecule has 1 heterocycles. The molecule has 0 radical (unpaired) electrons. The molecule has 0 aromatic carbocycles. The monoisotopic (exact) mass is 195 g/mol. The second kappa shape index (κ2) is 4.82. The van der Waals surface area contributed by atoms with E-state index in [0.29, 0.717) is 5.71 Å². The molecule has 1 N–H and O–H groups in total. The third-order valence-corrected chi connectivity index (χ3v) is 2.51. The van der Waals surface area contributed by atoms with Crippen LogP contribution in [0.25, 0.3) is 6.08 Å². The number of rotatable bonds is 3. The maximum atomic E-state index is 8.67. The average Bonchev–Trinajstić information content (AvgIpc) is 2.57. The molecule has 0 aliphatic carbocycles. The van der Waals surface area contributed by atoms with Crippen LogP contribution in [0.1, 0.15) is 18.7 Å². The van der Waals surface area contributed by atoms with Crippen molar-refractivity contribution in [3.05, 3.63) is 28.5 Å². The van der Waals surface area contributed by atoms with Crippen molar-refractivity contribution in [1.29, 1.82) is 0 Å². The van der Waals surface area contributed by atoms with E-state index in [1.165, 1.54) is 4.88 Å². The van der Waals surface area contributed by atoms with Gasteiger partial charge in [0, 0.05) is 4.88 Å². The highest BCUT2D eigenvalue weighted by molar-refractivity contribution is 7.10. The molecule has 0 fully saturated rings. The second-order valence-corrected chi connectivity index (χ2v) is 4.01.